The standard InChI is InChI=1S/C14H17N3O2/c18-11-6-4-10(5-7-11)16-14(19)12-9-15-17-8-2-1-3-13(12)17/h1-3,8-11,18H,4-7H2,(H,16,19). The van der Waals surface area contributed by atoms with Crippen LogP contribution in [0.25, 0.3) is 5.52 Å². The van der Waals surface area contributed by atoms with E-state index in [0.29, 0.717) is 5.56 Å². The second-order valence-electron chi connectivity index (χ2n) is 5.07. The number of amides is 1. The number of nitrogens with zero attached hydrogens (tertiary/aromatic N) is 2. The molecule has 5 nitrogen and oxygen atoms in total. The summed E-state index contributed by atoms with van der Waals surface area (Å²) in [5.41, 5.74) is 1.42. The summed E-state index contributed by atoms with van der Waals surface area (Å²) in [7, 11) is 0. The van der Waals surface area contributed by atoms with E-state index in [0.717, 1.165) is 31.2 Å². The molecule has 0 aliphatic heterocycles. The number of carbonyl (C=O) groups is 1. The van der Waals surface area contributed by atoms with Gasteiger partial charge in [0.1, 0.15) is 0 Å². The molecule has 1 aliphatic carbocycles. The molecule has 0 atom stereocenters. The van der Waals surface area contributed by atoms with Crippen molar-refractivity contribution < 1.29 is 9.90 Å². The summed E-state index contributed by atoms with van der Waals surface area (Å²) in [6.07, 6.45) is 6.42. The summed E-state index contributed by atoms with van der Waals surface area (Å²) in [6.45, 7) is 0. The minimum Gasteiger partial charge on any atom is -0.393 e. The molecule has 1 amide bonds. The van der Waals surface area contributed by atoms with Gasteiger partial charge in [-0.15, -0.1) is 0 Å². The van der Waals surface area contributed by atoms with Gasteiger partial charge in [0, 0.05) is 12.2 Å². The maximum Gasteiger partial charge on any atom is 0.255 e. The van der Waals surface area contributed by atoms with E-state index < -0.39 is 0 Å². The van der Waals surface area contributed by atoms with Gasteiger partial charge >= 0.3 is 0 Å². The molecule has 2 heterocycles. The fourth-order valence-electron chi connectivity index (χ4n) is 2.59. The fourth-order valence-corrected chi connectivity index (χ4v) is 2.59. The van der Waals surface area contributed by atoms with Crippen molar-refractivity contribution in [3.05, 3.63) is 36.2 Å². The zero-order chi connectivity index (χ0) is 13.2. The molecule has 2 aromatic rings. The monoisotopic (exact) mass is 259 g/mol. The van der Waals surface area contributed by atoms with Crippen molar-refractivity contribution in [3.8, 4) is 0 Å². The highest BCUT2D eigenvalue weighted by molar-refractivity contribution is 6.00. The van der Waals surface area contributed by atoms with E-state index in [-0.39, 0.29) is 18.1 Å². The zero-order valence-electron chi connectivity index (χ0n) is 10.6. The average Bonchev–Trinajstić information content (AvgIpc) is 2.85. The second kappa shape index (κ2) is 5.01. The first kappa shape index (κ1) is 12.2. The Morgan fingerprint density at radius 3 is 2.89 bits per heavy atom. The van der Waals surface area contributed by atoms with Gasteiger partial charge in [-0.25, -0.2) is 4.52 Å². The number of hydrogen-bond donors (Lipinski definition) is 2. The Morgan fingerprint density at radius 2 is 2.11 bits per heavy atom. The van der Waals surface area contributed by atoms with Crippen LogP contribution in [0.4, 0.5) is 0 Å². The Kier molecular flexibility index (Phi) is 3.21. The summed E-state index contributed by atoms with van der Waals surface area (Å²) >= 11 is 0. The van der Waals surface area contributed by atoms with Gasteiger partial charge in [-0.2, -0.15) is 5.10 Å². The van der Waals surface area contributed by atoms with E-state index in [9.17, 15) is 9.90 Å². The first-order chi connectivity index (χ1) is 9.24. The SMILES string of the molecule is O=C(NC1CCC(O)CC1)c1cnn2ccccc12. The lowest BCUT2D eigenvalue weighted by Gasteiger charge is -2.26. The molecular formula is C14H17N3O2. The van der Waals surface area contributed by atoms with E-state index in [2.05, 4.69) is 10.4 Å². The fraction of sp³-hybridized carbons (Fsp3) is 0.429. The highest BCUT2D eigenvalue weighted by atomic mass is 16.3. The molecule has 0 radical (unpaired) electrons. The van der Waals surface area contributed by atoms with E-state index in [1.54, 1.807) is 10.7 Å². The predicted molar refractivity (Wildman–Crippen MR) is 70.9 cm³/mol. The molecule has 2 N–H and O–H groups in total. The Morgan fingerprint density at radius 1 is 1.32 bits per heavy atom. The normalized spacial score (nSPS) is 23.4. The number of rotatable bonds is 2. The molecule has 1 fully saturated rings. The third kappa shape index (κ3) is 2.46. The first-order valence-corrected chi connectivity index (χ1v) is 6.65. The molecule has 0 spiro atoms. The van der Waals surface area contributed by atoms with Crippen LogP contribution in [0.2, 0.25) is 0 Å². The van der Waals surface area contributed by atoms with Gasteiger partial charge < -0.3 is 10.4 Å². The first-order valence-electron chi connectivity index (χ1n) is 6.65. The van der Waals surface area contributed by atoms with E-state index in [4.69, 9.17) is 0 Å². The van der Waals surface area contributed by atoms with Gasteiger partial charge in [0.15, 0.2) is 0 Å². The lowest BCUT2D eigenvalue weighted by atomic mass is 9.93. The number of aliphatic hydroxyl groups excluding tert-OH is 1. The van der Waals surface area contributed by atoms with Crippen molar-refractivity contribution in [1.82, 2.24) is 14.9 Å². The summed E-state index contributed by atoms with van der Waals surface area (Å²) in [4.78, 5) is 12.2. The van der Waals surface area contributed by atoms with Gasteiger partial charge in [0.2, 0.25) is 0 Å². The summed E-state index contributed by atoms with van der Waals surface area (Å²) in [5, 5.41) is 16.7. The van der Waals surface area contributed by atoms with Gasteiger partial charge in [-0.1, -0.05) is 6.07 Å². The van der Waals surface area contributed by atoms with Crippen LogP contribution in [0.1, 0.15) is 36.0 Å². The van der Waals surface area contributed by atoms with E-state index in [1.807, 2.05) is 24.4 Å². The third-order valence-electron chi connectivity index (χ3n) is 3.70. The molecule has 5 heteroatoms. The molecule has 1 saturated carbocycles. The topological polar surface area (TPSA) is 66.6 Å². The van der Waals surface area contributed by atoms with Crippen molar-refractivity contribution in [2.45, 2.75) is 37.8 Å². The van der Waals surface area contributed by atoms with Crippen LogP contribution in [0.5, 0.6) is 0 Å². The molecule has 19 heavy (non-hydrogen) atoms. The van der Waals surface area contributed by atoms with Gasteiger partial charge in [-0.3, -0.25) is 4.79 Å². The summed E-state index contributed by atoms with van der Waals surface area (Å²) in [6, 6.07) is 5.82. The smallest absolute Gasteiger partial charge is 0.255 e. The maximum atomic E-state index is 12.2. The third-order valence-corrected chi connectivity index (χ3v) is 3.70. The van der Waals surface area contributed by atoms with Crippen LogP contribution in [0.15, 0.2) is 30.6 Å². The van der Waals surface area contributed by atoms with Crippen molar-refractivity contribution in [2.24, 2.45) is 0 Å². The Balaban J connectivity index is 1.73. The highest BCUT2D eigenvalue weighted by Crippen LogP contribution is 2.19. The van der Waals surface area contributed by atoms with Crippen LogP contribution < -0.4 is 5.32 Å². The largest absolute Gasteiger partial charge is 0.393 e. The number of fused-ring (bicyclic) bond motifs is 1. The molecule has 0 saturated heterocycles. The molecule has 0 aromatic carbocycles. The highest BCUT2D eigenvalue weighted by Gasteiger charge is 2.22. The van der Waals surface area contributed by atoms with Gasteiger partial charge in [0.25, 0.3) is 5.91 Å². The van der Waals surface area contributed by atoms with Crippen molar-refractivity contribution >= 4 is 11.4 Å². The molecule has 2 aromatic heterocycles. The lowest BCUT2D eigenvalue weighted by Crippen LogP contribution is -2.38. The Labute approximate surface area is 111 Å². The lowest BCUT2D eigenvalue weighted by molar-refractivity contribution is 0.0869. The molecule has 0 unspecified atom stereocenters. The van der Waals surface area contributed by atoms with E-state index in [1.165, 1.54) is 0 Å². The predicted octanol–water partition coefficient (Wildman–Crippen LogP) is 1.37. The van der Waals surface area contributed by atoms with Crippen LogP contribution in [0.3, 0.4) is 0 Å². The quantitative estimate of drug-likeness (QED) is 0.856. The molecular weight excluding hydrogens is 242 g/mol. The van der Waals surface area contributed by atoms with Crippen molar-refractivity contribution in [2.75, 3.05) is 0 Å². The Bertz CT molecular complexity index is 585. The van der Waals surface area contributed by atoms with Crippen molar-refractivity contribution in [1.29, 1.82) is 0 Å². The average molecular weight is 259 g/mol. The number of pyridine rings is 1. The molecule has 3 rings (SSSR count). The van der Waals surface area contributed by atoms with Crippen molar-refractivity contribution in [3.63, 3.8) is 0 Å². The second-order valence-corrected chi connectivity index (χ2v) is 5.07. The number of hydrogen-bond acceptors (Lipinski definition) is 3. The summed E-state index contributed by atoms with van der Waals surface area (Å²) < 4.78 is 1.69. The van der Waals surface area contributed by atoms with Crippen LogP contribution in [-0.4, -0.2) is 32.8 Å². The minimum absolute atomic E-state index is 0.0809. The maximum absolute atomic E-state index is 12.2. The van der Waals surface area contributed by atoms with E-state index >= 15 is 0 Å². The number of nitrogens with one attached hydrogen (secondary N) is 1. The van der Waals surface area contributed by atoms with Gasteiger partial charge in [-0.05, 0) is 37.8 Å². The number of aliphatic hydroxyl groups is 1. The Hall–Kier alpha value is -1.88. The molecule has 1 aliphatic rings. The summed E-state index contributed by atoms with van der Waals surface area (Å²) in [5.74, 6) is -0.0809. The van der Waals surface area contributed by atoms with Crippen LogP contribution in [0, 0.1) is 0 Å². The minimum atomic E-state index is -0.204. The van der Waals surface area contributed by atoms with Crippen LogP contribution in [-0.2, 0) is 0 Å². The molecule has 0 bridgehead atoms. The van der Waals surface area contributed by atoms with Gasteiger partial charge in [0.05, 0.1) is 23.4 Å². The number of carbonyl (C=O) groups excluding carboxylic acids is 1. The number of aromatic nitrogens is 2. The molecule has 100 valence electrons. The van der Waals surface area contributed by atoms with Crippen LogP contribution >= 0.6 is 0 Å². The zero-order valence-corrected chi connectivity index (χ0v) is 10.6.